The van der Waals surface area contributed by atoms with Crippen LogP contribution in [0.4, 0.5) is 5.69 Å². The predicted octanol–water partition coefficient (Wildman–Crippen LogP) is 2.57. The Bertz CT molecular complexity index is 474. The van der Waals surface area contributed by atoms with Gasteiger partial charge in [0.25, 0.3) is 0 Å². The molecule has 0 aliphatic heterocycles. The molecular formula is C16H24N2O3. The molecule has 0 heterocycles. The maximum absolute atomic E-state index is 11.9. The summed E-state index contributed by atoms with van der Waals surface area (Å²) >= 11 is 0. The van der Waals surface area contributed by atoms with Gasteiger partial charge in [-0.2, -0.15) is 0 Å². The van der Waals surface area contributed by atoms with Crippen LogP contribution in [-0.4, -0.2) is 25.5 Å². The number of methoxy groups -OCH3 is 1. The maximum atomic E-state index is 11.9. The molecule has 1 rings (SSSR count). The van der Waals surface area contributed by atoms with E-state index in [9.17, 15) is 9.59 Å². The second kappa shape index (κ2) is 9.13. The van der Waals surface area contributed by atoms with Crippen molar-refractivity contribution in [3.63, 3.8) is 0 Å². The van der Waals surface area contributed by atoms with Crippen LogP contribution in [-0.2, 0) is 9.53 Å². The Morgan fingerprint density at radius 1 is 1.33 bits per heavy atom. The summed E-state index contributed by atoms with van der Waals surface area (Å²) in [6.45, 7) is 2.76. The van der Waals surface area contributed by atoms with E-state index in [1.807, 2.05) is 0 Å². The minimum Gasteiger partial charge on any atom is -0.465 e. The van der Waals surface area contributed by atoms with Crippen molar-refractivity contribution in [2.75, 3.05) is 19.0 Å². The zero-order valence-electron chi connectivity index (χ0n) is 12.7. The minimum absolute atomic E-state index is 0.0486. The number of carbonyl (C=O) groups is 2. The van der Waals surface area contributed by atoms with Gasteiger partial charge in [0.15, 0.2) is 0 Å². The quantitative estimate of drug-likeness (QED) is 0.721. The lowest BCUT2D eigenvalue weighted by Crippen LogP contribution is -2.15. The predicted molar refractivity (Wildman–Crippen MR) is 83.1 cm³/mol. The second-order valence-corrected chi connectivity index (χ2v) is 5.01. The van der Waals surface area contributed by atoms with E-state index in [-0.39, 0.29) is 5.91 Å². The highest BCUT2D eigenvalue weighted by atomic mass is 16.5. The van der Waals surface area contributed by atoms with Crippen LogP contribution in [0, 0.1) is 5.92 Å². The van der Waals surface area contributed by atoms with Crippen molar-refractivity contribution in [1.82, 2.24) is 0 Å². The molecule has 21 heavy (non-hydrogen) atoms. The third kappa shape index (κ3) is 5.95. The summed E-state index contributed by atoms with van der Waals surface area (Å²) < 4.78 is 4.65. The van der Waals surface area contributed by atoms with Crippen molar-refractivity contribution < 1.29 is 14.3 Å². The molecule has 0 aliphatic carbocycles. The molecule has 1 aromatic rings. The molecule has 0 radical (unpaired) electrons. The highest BCUT2D eigenvalue weighted by molar-refractivity contribution is 5.94. The van der Waals surface area contributed by atoms with E-state index in [1.54, 1.807) is 24.3 Å². The molecular weight excluding hydrogens is 268 g/mol. The molecule has 0 saturated heterocycles. The first-order chi connectivity index (χ1) is 10.1. The number of benzene rings is 1. The van der Waals surface area contributed by atoms with E-state index in [4.69, 9.17) is 5.73 Å². The van der Waals surface area contributed by atoms with Crippen LogP contribution >= 0.6 is 0 Å². The van der Waals surface area contributed by atoms with Gasteiger partial charge in [-0.3, -0.25) is 4.79 Å². The molecule has 5 nitrogen and oxygen atoms in total. The van der Waals surface area contributed by atoms with Gasteiger partial charge in [0, 0.05) is 12.1 Å². The molecule has 1 atom stereocenters. The first-order valence-electron chi connectivity index (χ1n) is 7.29. The number of anilines is 1. The average Bonchev–Trinajstić information content (AvgIpc) is 2.50. The van der Waals surface area contributed by atoms with E-state index in [0.29, 0.717) is 30.1 Å². The van der Waals surface area contributed by atoms with E-state index in [1.165, 1.54) is 7.11 Å². The molecule has 0 spiro atoms. The number of carbonyl (C=O) groups excluding carboxylic acids is 2. The second-order valence-electron chi connectivity index (χ2n) is 5.01. The van der Waals surface area contributed by atoms with Crippen molar-refractivity contribution in [1.29, 1.82) is 0 Å². The summed E-state index contributed by atoms with van der Waals surface area (Å²) in [5.74, 6) is 0.0229. The fourth-order valence-electron chi connectivity index (χ4n) is 2.19. The average molecular weight is 292 g/mol. The maximum Gasteiger partial charge on any atom is 0.337 e. The zero-order chi connectivity index (χ0) is 15.7. The number of amides is 1. The summed E-state index contributed by atoms with van der Waals surface area (Å²) in [6, 6.07) is 6.73. The highest BCUT2D eigenvalue weighted by Gasteiger charge is 2.10. The number of hydrogen-bond donors (Lipinski definition) is 2. The molecule has 1 unspecified atom stereocenters. The van der Waals surface area contributed by atoms with Crippen molar-refractivity contribution in [3.05, 3.63) is 29.8 Å². The molecule has 0 saturated carbocycles. The van der Waals surface area contributed by atoms with Gasteiger partial charge in [0.05, 0.1) is 12.7 Å². The van der Waals surface area contributed by atoms with E-state index in [2.05, 4.69) is 17.0 Å². The summed E-state index contributed by atoms with van der Waals surface area (Å²) in [7, 11) is 1.33. The lowest BCUT2D eigenvalue weighted by molar-refractivity contribution is -0.116. The fraction of sp³-hybridized carbons (Fsp3) is 0.500. The summed E-state index contributed by atoms with van der Waals surface area (Å²) in [5.41, 5.74) is 6.58. The highest BCUT2D eigenvalue weighted by Crippen LogP contribution is 2.16. The van der Waals surface area contributed by atoms with Crippen molar-refractivity contribution in [2.45, 2.75) is 32.6 Å². The molecule has 5 heteroatoms. The Morgan fingerprint density at radius 2 is 2.10 bits per heavy atom. The first kappa shape index (κ1) is 17.2. The molecule has 0 aromatic heterocycles. The Balaban J connectivity index is 2.53. The smallest absolute Gasteiger partial charge is 0.337 e. The van der Waals surface area contributed by atoms with Crippen molar-refractivity contribution in [3.8, 4) is 0 Å². The Morgan fingerprint density at radius 3 is 2.71 bits per heavy atom. The largest absolute Gasteiger partial charge is 0.465 e. The minimum atomic E-state index is -0.417. The SMILES string of the molecule is CCC(CCN)CCC(=O)Nc1cccc(C(=O)OC)c1. The molecule has 0 bridgehead atoms. The third-order valence-electron chi connectivity index (χ3n) is 3.50. The van der Waals surface area contributed by atoms with Gasteiger partial charge >= 0.3 is 5.97 Å². The Kier molecular flexibility index (Phi) is 7.46. The van der Waals surface area contributed by atoms with Gasteiger partial charge in [0.1, 0.15) is 0 Å². The van der Waals surface area contributed by atoms with E-state index in [0.717, 1.165) is 19.3 Å². The van der Waals surface area contributed by atoms with Gasteiger partial charge < -0.3 is 15.8 Å². The van der Waals surface area contributed by atoms with Crippen molar-refractivity contribution >= 4 is 17.6 Å². The van der Waals surface area contributed by atoms with Gasteiger partial charge in [-0.25, -0.2) is 4.79 Å². The van der Waals surface area contributed by atoms with Crippen LogP contribution in [0.3, 0.4) is 0 Å². The van der Waals surface area contributed by atoms with Gasteiger partial charge in [0.2, 0.25) is 5.91 Å². The molecule has 0 aliphatic rings. The fourth-order valence-corrected chi connectivity index (χ4v) is 2.19. The van der Waals surface area contributed by atoms with Crippen molar-refractivity contribution in [2.24, 2.45) is 11.7 Å². The number of ether oxygens (including phenoxy) is 1. The number of rotatable bonds is 8. The first-order valence-corrected chi connectivity index (χ1v) is 7.29. The molecule has 116 valence electrons. The van der Waals surface area contributed by atoms with Crippen LogP contribution < -0.4 is 11.1 Å². The normalized spacial score (nSPS) is 11.8. The molecule has 1 amide bonds. The number of nitrogens with one attached hydrogen (secondary N) is 1. The standard InChI is InChI=1S/C16H24N2O3/c1-3-12(9-10-17)7-8-15(19)18-14-6-4-5-13(11-14)16(20)21-2/h4-6,11-12H,3,7-10,17H2,1-2H3,(H,18,19). The monoisotopic (exact) mass is 292 g/mol. The molecule has 1 aromatic carbocycles. The Hall–Kier alpha value is -1.88. The number of hydrogen-bond acceptors (Lipinski definition) is 4. The summed E-state index contributed by atoms with van der Waals surface area (Å²) in [4.78, 5) is 23.4. The van der Waals surface area contributed by atoms with E-state index < -0.39 is 5.97 Å². The molecule has 3 N–H and O–H groups in total. The van der Waals surface area contributed by atoms with Crippen LogP contribution in [0.5, 0.6) is 0 Å². The zero-order valence-corrected chi connectivity index (χ0v) is 12.7. The lowest BCUT2D eigenvalue weighted by Gasteiger charge is -2.13. The summed E-state index contributed by atoms with van der Waals surface area (Å²) in [6.07, 6.45) is 3.26. The van der Waals surface area contributed by atoms with Crippen LogP contribution in [0.15, 0.2) is 24.3 Å². The van der Waals surface area contributed by atoms with Crippen LogP contribution in [0.2, 0.25) is 0 Å². The third-order valence-corrected chi connectivity index (χ3v) is 3.50. The topological polar surface area (TPSA) is 81.4 Å². The lowest BCUT2D eigenvalue weighted by atomic mass is 9.96. The van der Waals surface area contributed by atoms with Crippen LogP contribution in [0.25, 0.3) is 0 Å². The van der Waals surface area contributed by atoms with Gasteiger partial charge in [-0.15, -0.1) is 0 Å². The number of esters is 1. The van der Waals surface area contributed by atoms with Crippen LogP contribution in [0.1, 0.15) is 43.0 Å². The Labute approximate surface area is 125 Å². The molecule has 0 fully saturated rings. The van der Waals surface area contributed by atoms with Gasteiger partial charge in [-0.05, 0) is 43.5 Å². The summed E-state index contributed by atoms with van der Waals surface area (Å²) in [5, 5.41) is 2.80. The van der Waals surface area contributed by atoms with Gasteiger partial charge in [-0.1, -0.05) is 19.4 Å². The van der Waals surface area contributed by atoms with E-state index >= 15 is 0 Å². The number of nitrogens with two attached hydrogens (primary N) is 1.